The predicted octanol–water partition coefficient (Wildman–Crippen LogP) is 3.81. The van der Waals surface area contributed by atoms with Crippen LogP contribution in [-0.4, -0.2) is 30.0 Å². The second-order valence-corrected chi connectivity index (χ2v) is 5.82. The van der Waals surface area contributed by atoms with Crippen molar-refractivity contribution < 1.29 is 9.53 Å². The zero-order valence-corrected chi connectivity index (χ0v) is 14.9. The molecule has 1 heterocycles. The predicted molar refractivity (Wildman–Crippen MR) is 102 cm³/mol. The van der Waals surface area contributed by atoms with E-state index >= 15 is 0 Å². The van der Waals surface area contributed by atoms with Gasteiger partial charge in [0.2, 0.25) is 5.95 Å². The highest BCUT2D eigenvalue weighted by atomic mass is 16.5. The third-order valence-electron chi connectivity index (χ3n) is 3.95. The van der Waals surface area contributed by atoms with Gasteiger partial charge in [0.15, 0.2) is 0 Å². The first-order valence-electron chi connectivity index (χ1n) is 8.15. The standard InChI is InChI=1S/C20H20N4O2/c1-14-9-10-18(26-3)17(11-14)23-20-21-12-15(13-22-20)19(25)24(2)16-7-5-4-6-8-16/h4-13H,1-3H3,(H,21,22,23). The van der Waals surface area contributed by atoms with Crippen LogP contribution < -0.4 is 15.0 Å². The van der Waals surface area contributed by atoms with E-state index in [1.165, 1.54) is 12.4 Å². The van der Waals surface area contributed by atoms with Crippen LogP contribution in [0.5, 0.6) is 5.75 Å². The molecule has 2 aromatic carbocycles. The molecule has 0 saturated carbocycles. The Morgan fingerprint density at radius 2 is 1.77 bits per heavy atom. The minimum Gasteiger partial charge on any atom is -0.495 e. The Morgan fingerprint density at radius 3 is 2.42 bits per heavy atom. The number of rotatable bonds is 5. The van der Waals surface area contributed by atoms with Gasteiger partial charge in [0.1, 0.15) is 5.75 Å². The normalized spacial score (nSPS) is 10.3. The molecule has 0 aliphatic heterocycles. The van der Waals surface area contributed by atoms with Crippen LogP contribution in [0.3, 0.4) is 0 Å². The van der Waals surface area contributed by atoms with E-state index in [1.807, 2.05) is 55.5 Å². The molecule has 132 valence electrons. The molecule has 0 unspecified atom stereocenters. The number of carbonyl (C=O) groups excluding carboxylic acids is 1. The van der Waals surface area contributed by atoms with Gasteiger partial charge in [0, 0.05) is 25.1 Å². The van der Waals surface area contributed by atoms with Crippen LogP contribution in [-0.2, 0) is 0 Å². The molecule has 0 fully saturated rings. The molecular formula is C20H20N4O2. The first-order valence-corrected chi connectivity index (χ1v) is 8.15. The fourth-order valence-electron chi connectivity index (χ4n) is 2.51. The fraction of sp³-hybridized carbons (Fsp3) is 0.150. The smallest absolute Gasteiger partial charge is 0.261 e. The van der Waals surface area contributed by atoms with Gasteiger partial charge in [-0.25, -0.2) is 9.97 Å². The second kappa shape index (κ2) is 7.65. The van der Waals surface area contributed by atoms with Crippen molar-refractivity contribution in [3.8, 4) is 5.75 Å². The van der Waals surface area contributed by atoms with Crippen LogP contribution in [0.15, 0.2) is 60.9 Å². The first-order chi connectivity index (χ1) is 12.6. The molecular weight excluding hydrogens is 328 g/mol. The average molecular weight is 348 g/mol. The number of methoxy groups -OCH3 is 1. The highest BCUT2D eigenvalue weighted by Crippen LogP contribution is 2.27. The Hall–Kier alpha value is -3.41. The van der Waals surface area contributed by atoms with Gasteiger partial charge in [-0.1, -0.05) is 24.3 Å². The number of aromatic nitrogens is 2. The Balaban J connectivity index is 1.77. The van der Waals surface area contributed by atoms with Crippen LogP contribution >= 0.6 is 0 Å². The third-order valence-corrected chi connectivity index (χ3v) is 3.95. The zero-order valence-electron chi connectivity index (χ0n) is 14.9. The highest BCUT2D eigenvalue weighted by molar-refractivity contribution is 6.05. The monoisotopic (exact) mass is 348 g/mol. The van der Waals surface area contributed by atoms with Gasteiger partial charge in [-0.15, -0.1) is 0 Å². The number of ether oxygens (including phenoxy) is 1. The molecule has 0 spiro atoms. The van der Waals surface area contributed by atoms with Crippen LogP contribution in [0, 0.1) is 6.92 Å². The largest absolute Gasteiger partial charge is 0.495 e. The van der Waals surface area contributed by atoms with Gasteiger partial charge in [-0.3, -0.25) is 4.79 Å². The lowest BCUT2D eigenvalue weighted by Crippen LogP contribution is -2.26. The maximum atomic E-state index is 12.6. The van der Waals surface area contributed by atoms with Crippen molar-refractivity contribution in [2.75, 3.05) is 24.4 Å². The number of nitrogens with one attached hydrogen (secondary N) is 1. The molecule has 0 aliphatic rings. The van der Waals surface area contributed by atoms with Gasteiger partial charge >= 0.3 is 0 Å². The second-order valence-electron chi connectivity index (χ2n) is 5.82. The summed E-state index contributed by atoms with van der Waals surface area (Å²) in [6, 6.07) is 15.2. The molecule has 0 atom stereocenters. The van der Waals surface area contributed by atoms with E-state index in [0.29, 0.717) is 17.3 Å². The van der Waals surface area contributed by atoms with Crippen molar-refractivity contribution in [3.05, 3.63) is 72.1 Å². The lowest BCUT2D eigenvalue weighted by molar-refractivity contribution is 0.0992. The van der Waals surface area contributed by atoms with Crippen LogP contribution in [0.4, 0.5) is 17.3 Å². The molecule has 1 amide bonds. The summed E-state index contributed by atoms with van der Waals surface area (Å²) >= 11 is 0. The number of hydrogen-bond acceptors (Lipinski definition) is 5. The Labute approximate surface area is 152 Å². The summed E-state index contributed by atoms with van der Waals surface area (Å²) in [6.45, 7) is 1.99. The van der Waals surface area contributed by atoms with Gasteiger partial charge in [0.05, 0.1) is 18.4 Å². The quantitative estimate of drug-likeness (QED) is 0.759. The number of benzene rings is 2. The molecule has 26 heavy (non-hydrogen) atoms. The van der Waals surface area contributed by atoms with E-state index in [4.69, 9.17) is 4.74 Å². The van der Waals surface area contributed by atoms with Crippen molar-refractivity contribution in [1.29, 1.82) is 0 Å². The Bertz CT molecular complexity index is 895. The summed E-state index contributed by atoms with van der Waals surface area (Å²) < 4.78 is 5.34. The SMILES string of the molecule is COc1ccc(C)cc1Nc1ncc(C(=O)N(C)c2ccccc2)cn1. The van der Waals surface area contributed by atoms with E-state index in [1.54, 1.807) is 19.1 Å². The van der Waals surface area contributed by atoms with Crippen molar-refractivity contribution in [1.82, 2.24) is 9.97 Å². The third kappa shape index (κ3) is 3.80. The molecule has 3 rings (SSSR count). The van der Waals surface area contributed by atoms with E-state index in [0.717, 1.165) is 16.9 Å². The van der Waals surface area contributed by atoms with Gasteiger partial charge < -0.3 is 15.0 Å². The van der Waals surface area contributed by atoms with E-state index < -0.39 is 0 Å². The maximum Gasteiger partial charge on any atom is 0.261 e. The lowest BCUT2D eigenvalue weighted by Gasteiger charge is -2.17. The van der Waals surface area contributed by atoms with Crippen molar-refractivity contribution in [3.63, 3.8) is 0 Å². The number of carbonyl (C=O) groups is 1. The van der Waals surface area contributed by atoms with Crippen LogP contribution in [0.1, 0.15) is 15.9 Å². The van der Waals surface area contributed by atoms with Gasteiger partial charge in [-0.05, 0) is 36.8 Å². The lowest BCUT2D eigenvalue weighted by atomic mass is 10.2. The number of anilines is 3. The number of para-hydroxylation sites is 1. The van der Waals surface area contributed by atoms with Crippen LogP contribution in [0.2, 0.25) is 0 Å². The van der Waals surface area contributed by atoms with E-state index in [9.17, 15) is 4.79 Å². The van der Waals surface area contributed by atoms with Gasteiger partial charge in [0.25, 0.3) is 5.91 Å². The minimum atomic E-state index is -0.170. The average Bonchev–Trinajstić information content (AvgIpc) is 2.68. The molecule has 0 bridgehead atoms. The Morgan fingerprint density at radius 1 is 1.08 bits per heavy atom. The van der Waals surface area contributed by atoms with Crippen molar-refractivity contribution in [2.45, 2.75) is 6.92 Å². The number of amides is 1. The van der Waals surface area contributed by atoms with Crippen LogP contribution in [0.25, 0.3) is 0 Å². The molecule has 0 saturated heterocycles. The number of aryl methyl sites for hydroxylation is 1. The fourth-order valence-corrected chi connectivity index (χ4v) is 2.51. The van der Waals surface area contributed by atoms with E-state index in [-0.39, 0.29) is 5.91 Å². The molecule has 0 aliphatic carbocycles. The maximum absolute atomic E-state index is 12.6. The zero-order chi connectivity index (χ0) is 18.5. The summed E-state index contributed by atoms with van der Waals surface area (Å²) in [7, 11) is 3.33. The number of hydrogen-bond donors (Lipinski definition) is 1. The first kappa shape index (κ1) is 17.4. The summed E-state index contributed by atoms with van der Waals surface area (Å²) in [5, 5.41) is 3.12. The molecule has 0 radical (unpaired) electrons. The highest BCUT2D eigenvalue weighted by Gasteiger charge is 2.14. The number of nitrogens with zero attached hydrogens (tertiary/aromatic N) is 3. The van der Waals surface area contributed by atoms with Crippen molar-refractivity contribution >= 4 is 23.2 Å². The molecule has 1 aromatic heterocycles. The molecule has 6 heteroatoms. The topological polar surface area (TPSA) is 67.3 Å². The minimum absolute atomic E-state index is 0.170. The van der Waals surface area contributed by atoms with E-state index in [2.05, 4.69) is 15.3 Å². The molecule has 6 nitrogen and oxygen atoms in total. The Kier molecular flexibility index (Phi) is 5.12. The molecule has 1 N–H and O–H groups in total. The summed E-state index contributed by atoms with van der Waals surface area (Å²) in [5.74, 6) is 0.923. The molecule has 3 aromatic rings. The van der Waals surface area contributed by atoms with Gasteiger partial charge in [-0.2, -0.15) is 0 Å². The van der Waals surface area contributed by atoms with Crippen molar-refractivity contribution in [2.24, 2.45) is 0 Å². The summed E-state index contributed by atoms with van der Waals surface area (Å²) in [4.78, 5) is 22.6. The summed E-state index contributed by atoms with van der Waals surface area (Å²) in [5.41, 5.74) is 3.08. The summed E-state index contributed by atoms with van der Waals surface area (Å²) in [6.07, 6.45) is 3.03.